The molecule has 0 radical (unpaired) electrons. The molecule has 0 saturated carbocycles. The number of H-pyrrole nitrogens is 1. The van der Waals surface area contributed by atoms with E-state index in [4.69, 9.17) is 4.98 Å². The Balaban J connectivity index is 1.33. The number of carboxylic acid groups (broad SMARTS) is 1. The first kappa shape index (κ1) is 24.2. The number of amides is 1. The molecule has 5 heterocycles. The van der Waals surface area contributed by atoms with Gasteiger partial charge in [-0.25, -0.2) is 14.8 Å². The number of aromatic carboxylic acids is 1. The van der Waals surface area contributed by atoms with E-state index in [-0.39, 0.29) is 17.6 Å². The third-order valence-electron chi connectivity index (χ3n) is 7.14. The summed E-state index contributed by atoms with van der Waals surface area (Å²) in [4.78, 5) is 45.3. The Labute approximate surface area is 210 Å². The van der Waals surface area contributed by atoms with Crippen molar-refractivity contribution in [3.05, 3.63) is 35.8 Å². The molecule has 1 atom stereocenters. The third-order valence-corrected chi connectivity index (χ3v) is 7.14. The van der Waals surface area contributed by atoms with E-state index in [9.17, 15) is 14.7 Å². The van der Waals surface area contributed by atoms with Gasteiger partial charge in [-0.15, -0.1) is 0 Å². The average Bonchev–Trinajstić information content (AvgIpc) is 3.33. The Bertz CT molecular complexity index is 1240. The maximum Gasteiger partial charge on any atom is 0.352 e. The summed E-state index contributed by atoms with van der Waals surface area (Å²) in [7, 11) is 0. The Hall–Kier alpha value is -3.53. The van der Waals surface area contributed by atoms with Crippen LogP contribution in [0.5, 0.6) is 0 Å². The van der Waals surface area contributed by atoms with E-state index in [0.717, 1.165) is 74.8 Å². The largest absolute Gasteiger partial charge is 0.477 e. The number of carbonyl (C=O) groups is 2. The summed E-state index contributed by atoms with van der Waals surface area (Å²) >= 11 is 0. The van der Waals surface area contributed by atoms with Crippen LogP contribution in [0, 0.1) is 0 Å². The summed E-state index contributed by atoms with van der Waals surface area (Å²) in [5, 5.41) is 13.3. The Kier molecular flexibility index (Phi) is 7.13. The lowest BCUT2D eigenvalue weighted by Gasteiger charge is -2.42. The fourth-order valence-electron chi connectivity index (χ4n) is 5.20. The number of nitrogens with zero attached hydrogens (tertiary/aromatic N) is 5. The van der Waals surface area contributed by atoms with Gasteiger partial charge in [0.25, 0.3) is 0 Å². The van der Waals surface area contributed by atoms with Crippen LogP contribution >= 0.6 is 0 Å². The number of unbranched alkanes of at least 4 members (excludes halogenated alkanes) is 3. The van der Waals surface area contributed by atoms with Crippen LogP contribution in [-0.4, -0.2) is 67.5 Å². The van der Waals surface area contributed by atoms with Gasteiger partial charge >= 0.3 is 5.97 Å². The number of piperazine rings is 1. The SMILES string of the molecule is CCCCCCc1nc(Nc2ccc(N3CCN4CCCCC4C3=O)cn2)nc2[nH]c(C(=O)O)cc12. The smallest absolute Gasteiger partial charge is 0.352 e. The van der Waals surface area contributed by atoms with Crippen molar-refractivity contribution in [2.24, 2.45) is 0 Å². The highest BCUT2D eigenvalue weighted by Crippen LogP contribution is 2.27. The van der Waals surface area contributed by atoms with Crippen LogP contribution in [0.4, 0.5) is 17.5 Å². The monoisotopic (exact) mass is 491 g/mol. The third kappa shape index (κ3) is 5.04. The summed E-state index contributed by atoms with van der Waals surface area (Å²) in [6.07, 6.45) is 10.0. The van der Waals surface area contributed by atoms with Gasteiger partial charge in [-0.05, 0) is 50.4 Å². The molecule has 0 bridgehead atoms. The van der Waals surface area contributed by atoms with E-state index >= 15 is 0 Å². The molecule has 0 spiro atoms. The molecule has 190 valence electrons. The van der Waals surface area contributed by atoms with Crippen LogP contribution in [-0.2, 0) is 11.2 Å². The summed E-state index contributed by atoms with van der Waals surface area (Å²) in [6.45, 7) is 4.73. The molecule has 5 rings (SSSR count). The van der Waals surface area contributed by atoms with E-state index < -0.39 is 5.97 Å². The predicted molar refractivity (Wildman–Crippen MR) is 138 cm³/mol. The number of pyridine rings is 1. The molecule has 2 aliphatic rings. The number of carbonyl (C=O) groups excluding carboxylic acids is 1. The van der Waals surface area contributed by atoms with Crippen LogP contribution in [0.1, 0.15) is 68.1 Å². The van der Waals surface area contributed by atoms with E-state index in [2.05, 4.69) is 32.1 Å². The first-order valence-corrected chi connectivity index (χ1v) is 12.9. The summed E-state index contributed by atoms with van der Waals surface area (Å²) in [5.74, 6) is 0.0500. The summed E-state index contributed by atoms with van der Waals surface area (Å²) in [6, 6.07) is 5.30. The van der Waals surface area contributed by atoms with Crippen LogP contribution in [0.2, 0.25) is 0 Å². The average molecular weight is 492 g/mol. The number of aryl methyl sites for hydroxylation is 1. The summed E-state index contributed by atoms with van der Waals surface area (Å²) in [5.41, 5.74) is 2.19. The molecule has 0 aliphatic carbocycles. The number of carboxylic acids is 1. The Morgan fingerprint density at radius 3 is 2.83 bits per heavy atom. The fourth-order valence-corrected chi connectivity index (χ4v) is 5.20. The number of hydrogen-bond acceptors (Lipinski definition) is 7. The Morgan fingerprint density at radius 1 is 1.17 bits per heavy atom. The van der Waals surface area contributed by atoms with Gasteiger partial charge in [0.15, 0.2) is 0 Å². The molecule has 1 amide bonds. The van der Waals surface area contributed by atoms with Crippen molar-refractivity contribution in [1.82, 2.24) is 24.8 Å². The highest BCUT2D eigenvalue weighted by Gasteiger charge is 2.36. The van der Waals surface area contributed by atoms with Crippen molar-refractivity contribution in [2.45, 2.75) is 64.3 Å². The van der Waals surface area contributed by atoms with Gasteiger partial charge in [-0.2, -0.15) is 4.98 Å². The van der Waals surface area contributed by atoms with Crippen molar-refractivity contribution >= 4 is 40.4 Å². The maximum atomic E-state index is 13.1. The minimum atomic E-state index is -1.03. The number of hydrogen-bond donors (Lipinski definition) is 3. The first-order valence-electron chi connectivity index (χ1n) is 12.9. The van der Waals surface area contributed by atoms with Gasteiger partial charge in [-0.3, -0.25) is 9.69 Å². The molecule has 2 fully saturated rings. The van der Waals surface area contributed by atoms with Crippen molar-refractivity contribution in [3.8, 4) is 0 Å². The molecule has 3 aromatic heterocycles. The second-order valence-electron chi connectivity index (χ2n) is 9.62. The van der Waals surface area contributed by atoms with Crippen molar-refractivity contribution in [1.29, 1.82) is 0 Å². The molecular formula is C26H33N7O3. The zero-order valence-electron chi connectivity index (χ0n) is 20.7. The van der Waals surface area contributed by atoms with Crippen LogP contribution in [0.15, 0.2) is 24.4 Å². The molecule has 2 aliphatic heterocycles. The summed E-state index contributed by atoms with van der Waals surface area (Å²) < 4.78 is 0. The zero-order chi connectivity index (χ0) is 25.1. The van der Waals surface area contributed by atoms with Crippen molar-refractivity contribution < 1.29 is 14.7 Å². The minimum Gasteiger partial charge on any atom is -0.477 e. The standard InChI is InChI=1S/C26H33N7O3/c1-2-3-4-5-8-19-18-15-20(25(35)36)28-23(18)31-26(29-19)30-22-11-10-17(16-27-22)33-14-13-32-12-7-6-9-21(32)24(33)34/h10-11,15-16,21H,2-9,12-14H2,1H3,(H,35,36)(H2,27,28,29,30,31). The normalized spacial score (nSPS) is 18.4. The topological polar surface area (TPSA) is 127 Å². The van der Waals surface area contributed by atoms with E-state index in [0.29, 0.717) is 24.0 Å². The van der Waals surface area contributed by atoms with Gasteiger partial charge in [0.1, 0.15) is 17.2 Å². The van der Waals surface area contributed by atoms with Crippen LogP contribution < -0.4 is 10.2 Å². The van der Waals surface area contributed by atoms with Gasteiger partial charge in [0.05, 0.1) is 23.6 Å². The van der Waals surface area contributed by atoms with Crippen molar-refractivity contribution in [2.75, 3.05) is 29.9 Å². The molecule has 10 heteroatoms. The first-order chi connectivity index (χ1) is 17.5. The molecule has 10 nitrogen and oxygen atoms in total. The number of fused-ring (bicyclic) bond motifs is 2. The van der Waals surface area contributed by atoms with Crippen molar-refractivity contribution in [3.63, 3.8) is 0 Å². The van der Waals surface area contributed by atoms with Crippen LogP contribution in [0.25, 0.3) is 11.0 Å². The van der Waals surface area contributed by atoms with E-state index in [1.807, 2.05) is 17.0 Å². The number of rotatable bonds is 9. The van der Waals surface area contributed by atoms with E-state index in [1.54, 1.807) is 12.3 Å². The number of aromatic amines is 1. The number of aromatic nitrogens is 4. The van der Waals surface area contributed by atoms with Gasteiger partial charge in [0.2, 0.25) is 11.9 Å². The fraction of sp³-hybridized carbons (Fsp3) is 0.500. The van der Waals surface area contributed by atoms with Gasteiger partial charge < -0.3 is 20.3 Å². The lowest BCUT2D eigenvalue weighted by molar-refractivity contribution is -0.127. The molecular weight excluding hydrogens is 458 g/mol. The molecule has 0 aromatic carbocycles. The minimum absolute atomic E-state index is 0.0161. The van der Waals surface area contributed by atoms with E-state index in [1.165, 1.54) is 6.42 Å². The number of piperidine rings is 1. The highest BCUT2D eigenvalue weighted by molar-refractivity contribution is 5.98. The molecule has 3 N–H and O–H groups in total. The Morgan fingerprint density at radius 2 is 2.06 bits per heavy atom. The number of anilines is 3. The van der Waals surface area contributed by atoms with Gasteiger partial charge in [-0.1, -0.05) is 32.6 Å². The highest BCUT2D eigenvalue weighted by atomic mass is 16.4. The lowest BCUT2D eigenvalue weighted by Crippen LogP contribution is -2.58. The molecule has 2 saturated heterocycles. The molecule has 3 aromatic rings. The predicted octanol–water partition coefficient (Wildman–Crippen LogP) is 4.12. The lowest BCUT2D eigenvalue weighted by atomic mass is 9.98. The van der Waals surface area contributed by atoms with Crippen LogP contribution in [0.3, 0.4) is 0 Å². The number of nitrogens with one attached hydrogen (secondary N) is 2. The molecule has 36 heavy (non-hydrogen) atoms. The second kappa shape index (κ2) is 10.6. The quantitative estimate of drug-likeness (QED) is 0.382. The zero-order valence-corrected chi connectivity index (χ0v) is 20.7. The molecule has 1 unspecified atom stereocenters. The maximum absolute atomic E-state index is 13.1. The van der Waals surface area contributed by atoms with Gasteiger partial charge in [0, 0.05) is 18.5 Å². The second-order valence-corrected chi connectivity index (χ2v) is 9.62.